The van der Waals surface area contributed by atoms with E-state index in [0.29, 0.717) is 5.92 Å². The predicted octanol–water partition coefficient (Wildman–Crippen LogP) is 15.5. The average molecular weight is 831 g/mol. The molecule has 0 saturated heterocycles. The fourth-order valence-electron chi connectivity index (χ4n) is 8.08. The molecule has 3 unspecified atom stereocenters. The summed E-state index contributed by atoms with van der Waals surface area (Å²) in [7, 11) is 1.49. The van der Waals surface area contributed by atoms with Crippen molar-refractivity contribution in [1.82, 2.24) is 0 Å². The number of carbonyl (C=O) groups excluding carboxylic acids is 1. The molecule has 6 rings (SSSR count). The van der Waals surface area contributed by atoms with Gasteiger partial charge in [0.15, 0.2) is 5.75 Å². The molecule has 5 heteroatoms. The highest BCUT2D eigenvalue weighted by molar-refractivity contribution is 5.66. The first-order chi connectivity index (χ1) is 28.7. The Morgan fingerprint density at radius 2 is 1.00 bits per heavy atom. The molecule has 3 saturated carbocycles. The second-order valence-electron chi connectivity index (χ2n) is 18.4. The molecule has 5 nitrogen and oxygen atoms in total. The highest BCUT2D eigenvalue weighted by Crippen LogP contribution is 2.31. The summed E-state index contributed by atoms with van der Waals surface area (Å²) in [5, 5.41) is 9.93. The van der Waals surface area contributed by atoms with Crippen molar-refractivity contribution in [2.24, 2.45) is 29.6 Å². The van der Waals surface area contributed by atoms with Crippen molar-refractivity contribution in [3.8, 4) is 5.75 Å². The molecular weight excluding hydrogens is 741 g/mol. The fraction of sp³-hybridized carbons (Fsp3) is 0.655. The Balaban J connectivity index is 0.000000364. The van der Waals surface area contributed by atoms with E-state index in [0.717, 1.165) is 61.5 Å². The summed E-state index contributed by atoms with van der Waals surface area (Å²) >= 11 is 0. The fourth-order valence-corrected chi connectivity index (χ4v) is 8.08. The lowest BCUT2D eigenvalue weighted by molar-refractivity contribution is -0.178. The van der Waals surface area contributed by atoms with Crippen LogP contribution in [0.4, 0.5) is 0 Å². The molecule has 3 aromatic rings. The van der Waals surface area contributed by atoms with E-state index < -0.39 is 6.10 Å². The van der Waals surface area contributed by atoms with Gasteiger partial charge in [0.05, 0.1) is 13.2 Å². The van der Waals surface area contributed by atoms with Crippen LogP contribution in [-0.2, 0) is 20.8 Å². The zero-order chi connectivity index (χ0) is 44.7. The number of esters is 1. The molecule has 0 amide bonds. The third-order valence-corrected chi connectivity index (χ3v) is 12.1. The molecule has 1 N–H and O–H groups in total. The van der Waals surface area contributed by atoms with E-state index in [1.54, 1.807) is 0 Å². The molecule has 0 aromatic heterocycles. The van der Waals surface area contributed by atoms with Crippen molar-refractivity contribution in [1.29, 1.82) is 0 Å². The van der Waals surface area contributed by atoms with Crippen LogP contribution in [0.2, 0.25) is 0 Å². The molecule has 3 atom stereocenters. The third kappa shape index (κ3) is 26.9. The molecule has 0 radical (unpaired) electrons. The number of carbonyl (C=O) groups is 1. The van der Waals surface area contributed by atoms with Gasteiger partial charge in [-0.1, -0.05) is 202 Å². The quantitative estimate of drug-likeness (QED) is 0.132. The first kappa shape index (κ1) is 54.9. The van der Waals surface area contributed by atoms with Gasteiger partial charge >= 0.3 is 5.97 Å². The molecule has 0 heterocycles. The standard InChI is InChI=1S/C11H20O3.C10H20.C10H14.C8H10O2.C8H16.C8H10/c1-3-5-9-6-4-7-10(11(9)13)14-8(2)12;2*1-3-4-10-7-5-9(2)6-8-10;1-7-3-5-8(6-4-7)10-9-2;2*1-7-3-5-8(2)6-4-7/h9-11,13H,3-7H2,1-2H3;9-10H,3-8H2,1-2H3;5-8H,3-4H2,1-2H3;3-6H,1-2H3;7-8H,3-6H2,1-2H3;3-6H,1-2H3. The van der Waals surface area contributed by atoms with Gasteiger partial charge in [0.25, 0.3) is 0 Å². The van der Waals surface area contributed by atoms with Crippen molar-refractivity contribution in [2.75, 3.05) is 7.11 Å². The summed E-state index contributed by atoms with van der Waals surface area (Å²) < 4.78 is 5.09. The normalized spacial score (nSPS) is 23.1. The number of hydrogen-bond acceptors (Lipinski definition) is 5. The third-order valence-electron chi connectivity index (χ3n) is 12.1. The second-order valence-corrected chi connectivity index (χ2v) is 18.4. The Kier molecular flexibility index (Phi) is 30.6. The van der Waals surface area contributed by atoms with Crippen LogP contribution >= 0.6 is 0 Å². The van der Waals surface area contributed by atoms with Gasteiger partial charge in [0, 0.05) is 6.92 Å². The van der Waals surface area contributed by atoms with Gasteiger partial charge in [-0.25, -0.2) is 0 Å². The van der Waals surface area contributed by atoms with Crippen LogP contribution < -0.4 is 4.89 Å². The minimum Gasteiger partial charge on any atom is -0.460 e. The molecule has 3 aliphatic rings. The van der Waals surface area contributed by atoms with E-state index in [9.17, 15) is 9.90 Å². The Morgan fingerprint density at radius 3 is 1.40 bits per heavy atom. The van der Waals surface area contributed by atoms with Crippen LogP contribution in [0.25, 0.3) is 0 Å². The summed E-state index contributed by atoms with van der Waals surface area (Å²) in [5.41, 5.74) is 6.67. The topological polar surface area (TPSA) is 65.0 Å². The Morgan fingerprint density at radius 1 is 0.583 bits per heavy atom. The zero-order valence-corrected chi connectivity index (χ0v) is 40.6. The van der Waals surface area contributed by atoms with Crippen LogP contribution in [0.3, 0.4) is 0 Å². The number of aryl methyl sites for hydroxylation is 5. The van der Waals surface area contributed by atoms with Crippen LogP contribution in [0, 0.1) is 57.3 Å². The monoisotopic (exact) mass is 831 g/mol. The molecule has 0 spiro atoms. The maximum atomic E-state index is 10.8. The summed E-state index contributed by atoms with van der Waals surface area (Å²) in [4.78, 5) is 20.0. The van der Waals surface area contributed by atoms with E-state index in [1.165, 1.54) is 119 Å². The lowest BCUT2D eigenvalue weighted by atomic mass is 9.81. The van der Waals surface area contributed by atoms with Gasteiger partial charge < -0.3 is 14.7 Å². The van der Waals surface area contributed by atoms with Crippen molar-refractivity contribution in [3.63, 3.8) is 0 Å². The molecule has 3 fully saturated rings. The summed E-state index contributed by atoms with van der Waals surface area (Å²) in [6, 6.07) is 24.9. The maximum Gasteiger partial charge on any atom is 0.302 e. The first-order valence-electron chi connectivity index (χ1n) is 23.9. The van der Waals surface area contributed by atoms with E-state index >= 15 is 0 Å². The van der Waals surface area contributed by atoms with E-state index in [-0.39, 0.29) is 12.1 Å². The smallest absolute Gasteiger partial charge is 0.302 e. The number of ether oxygens (including phenoxy) is 1. The number of benzene rings is 3. The van der Waals surface area contributed by atoms with Crippen LogP contribution in [0.1, 0.15) is 179 Å². The summed E-state index contributed by atoms with van der Waals surface area (Å²) in [6.07, 6.45) is 21.5. The van der Waals surface area contributed by atoms with E-state index in [4.69, 9.17) is 9.62 Å². The van der Waals surface area contributed by atoms with Gasteiger partial charge in [-0.3, -0.25) is 4.79 Å². The first-order valence-corrected chi connectivity index (χ1v) is 23.9. The predicted molar refractivity (Wildman–Crippen MR) is 257 cm³/mol. The number of aliphatic hydroxyl groups is 1. The summed E-state index contributed by atoms with van der Waals surface area (Å²) in [5.74, 6) is 4.91. The van der Waals surface area contributed by atoms with Crippen molar-refractivity contribution >= 4 is 5.97 Å². The number of aliphatic hydroxyl groups excluding tert-OH is 1. The average Bonchev–Trinajstić information content (AvgIpc) is 3.23. The van der Waals surface area contributed by atoms with Gasteiger partial charge in [0.2, 0.25) is 0 Å². The lowest BCUT2D eigenvalue weighted by Crippen LogP contribution is -2.40. The molecule has 0 bridgehead atoms. The molecule has 0 aliphatic heterocycles. The van der Waals surface area contributed by atoms with Crippen molar-refractivity contribution in [2.45, 2.75) is 198 Å². The van der Waals surface area contributed by atoms with E-state index in [1.807, 2.05) is 31.2 Å². The van der Waals surface area contributed by atoms with Gasteiger partial charge in [-0.2, -0.15) is 4.89 Å². The zero-order valence-electron chi connectivity index (χ0n) is 40.6. The van der Waals surface area contributed by atoms with Crippen molar-refractivity contribution < 1.29 is 24.4 Å². The molecule has 340 valence electrons. The minimum atomic E-state index is -0.451. The molecule has 60 heavy (non-hydrogen) atoms. The van der Waals surface area contributed by atoms with Gasteiger partial charge in [-0.05, 0) is 107 Å². The van der Waals surface area contributed by atoms with Gasteiger partial charge in [0.1, 0.15) is 6.10 Å². The maximum absolute atomic E-state index is 10.8. The minimum absolute atomic E-state index is 0.266. The number of hydrogen-bond donors (Lipinski definition) is 1. The highest BCUT2D eigenvalue weighted by Gasteiger charge is 2.33. The molecule has 3 aromatic carbocycles. The Bertz CT molecular complexity index is 1350. The lowest BCUT2D eigenvalue weighted by Gasteiger charge is -2.33. The van der Waals surface area contributed by atoms with Crippen molar-refractivity contribution in [3.05, 3.63) is 101 Å². The van der Waals surface area contributed by atoms with Crippen LogP contribution in [0.15, 0.2) is 72.8 Å². The summed E-state index contributed by atoms with van der Waals surface area (Å²) in [6.45, 7) is 23.5. The SMILES string of the molecule is CC1CCC(C)CC1.CCCC1CCC(C)CC1.CCCC1CCCC(OC(C)=O)C1O.CCCc1ccc(C)cc1.COOc1ccc(C)cc1.Cc1ccc(C)cc1. The van der Waals surface area contributed by atoms with Crippen LogP contribution in [-0.4, -0.2) is 30.4 Å². The highest BCUT2D eigenvalue weighted by atomic mass is 17.2. The van der Waals surface area contributed by atoms with Crippen LogP contribution in [0.5, 0.6) is 5.75 Å². The molecule has 3 aliphatic carbocycles. The molecular formula is C55H90O5. The van der Waals surface area contributed by atoms with Gasteiger partial charge in [-0.15, -0.1) is 0 Å². The Labute approximate surface area is 369 Å². The largest absolute Gasteiger partial charge is 0.460 e. The van der Waals surface area contributed by atoms with E-state index in [2.05, 4.69) is 116 Å². The Hall–Kier alpha value is -3.15. The number of rotatable bonds is 9. The second kappa shape index (κ2) is 33.5.